The molecule has 6 heteroatoms. The van der Waals surface area contributed by atoms with Crippen LogP contribution < -0.4 is 0 Å². The molecule has 0 aliphatic heterocycles. The van der Waals surface area contributed by atoms with Crippen molar-refractivity contribution in [2.45, 2.75) is 0 Å². The predicted octanol–water partition coefficient (Wildman–Crippen LogP) is 7.94. The summed E-state index contributed by atoms with van der Waals surface area (Å²) in [5.41, 5.74) is 9.84. The lowest BCUT2D eigenvalue weighted by molar-refractivity contribution is 0.669. The third kappa shape index (κ3) is 2.88. The number of nitrogens with zero attached hydrogens (tertiary/aromatic N) is 5. The number of furan rings is 1. The van der Waals surface area contributed by atoms with Crippen molar-refractivity contribution in [1.29, 1.82) is 0 Å². The fourth-order valence-corrected chi connectivity index (χ4v) is 5.77. The van der Waals surface area contributed by atoms with E-state index in [2.05, 4.69) is 74.6 Å². The van der Waals surface area contributed by atoms with Gasteiger partial charge in [-0.2, -0.15) is 0 Å². The number of hydrogen-bond donors (Lipinski definition) is 0. The first kappa shape index (κ1) is 20.6. The highest BCUT2D eigenvalue weighted by Crippen LogP contribution is 2.35. The van der Waals surface area contributed by atoms with Crippen LogP contribution in [0.3, 0.4) is 0 Å². The van der Waals surface area contributed by atoms with E-state index >= 15 is 0 Å². The number of imidazole rings is 2. The number of para-hydroxylation sites is 5. The third-order valence-corrected chi connectivity index (χ3v) is 7.58. The zero-order chi connectivity index (χ0) is 25.5. The quantitative estimate of drug-likeness (QED) is 0.241. The Bertz CT molecular complexity index is 2410. The van der Waals surface area contributed by atoms with Gasteiger partial charge in [-0.1, -0.05) is 54.6 Å². The van der Waals surface area contributed by atoms with E-state index < -0.39 is 0 Å². The molecule has 0 fully saturated rings. The fraction of sp³-hybridized carbons (Fsp3) is 0. The van der Waals surface area contributed by atoms with Gasteiger partial charge in [0.1, 0.15) is 11.2 Å². The van der Waals surface area contributed by atoms with Crippen molar-refractivity contribution in [2.24, 2.45) is 0 Å². The fourth-order valence-electron chi connectivity index (χ4n) is 5.77. The average molecular weight is 502 g/mol. The lowest BCUT2D eigenvalue weighted by atomic mass is 10.0. The Morgan fingerprint density at radius 3 is 2.23 bits per heavy atom. The van der Waals surface area contributed by atoms with Gasteiger partial charge in [0, 0.05) is 10.8 Å². The maximum atomic E-state index is 6.06. The van der Waals surface area contributed by atoms with Gasteiger partial charge in [-0.15, -0.1) is 0 Å². The molecule has 0 saturated carbocycles. The summed E-state index contributed by atoms with van der Waals surface area (Å²) in [5, 5.41) is 2.24. The van der Waals surface area contributed by atoms with Crippen molar-refractivity contribution in [1.82, 2.24) is 23.9 Å². The van der Waals surface area contributed by atoms with Gasteiger partial charge >= 0.3 is 0 Å². The molecule has 9 aromatic rings. The summed E-state index contributed by atoms with van der Waals surface area (Å²) < 4.78 is 10.4. The van der Waals surface area contributed by atoms with Gasteiger partial charge in [-0.3, -0.25) is 14.0 Å². The minimum Gasteiger partial charge on any atom is -0.456 e. The van der Waals surface area contributed by atoms with Crippen molar-refractivity contribution in [3.05, 3.63) is 115 Å². The van der Waals surface area contributed by atoms with Crippen LogP contribution in [0.15, 0.2) is 120 Å². The van der Waals surface area contributed by atoms with Crippen molar-refractivity contribution in [3.63, 3.8) is 0 Å². The molecule has 0 amide bonds. The lowest BCUT2D eigenvalue weighted by Gasteiger charge is -2.07. The summed E-state index contributed by atoms with van der Waals surface area (Å²) >= 11 is 0. The second-order valence-electron chi connectivity index (χ2n) is 9.80. The smallest absolute Gasteiger partial charge is 0.221 e. The van der Waals surface area contributed by atoms with Gasteiger partial charge in [0.05, 0.1) is 39.3 Å². The van der Waals surface area contributed by atoms with Crippen LogP contribution in [0.25, 0.3) is 77.8 Å². The Labute approximate surface area is 221 Å². The van der Waals surface area contributed by atoms with Crippen LogP contribution in [0.5, 0.6) is 0 Å². The van der Waals surface area contributed by atoms with E-state index in [9.17, 15) is 0 Å². The molecular weight excluding hydrogens is 482 g/mol. The van der Waals surface area contributed by atoms with Crippen LogP contribution in [0.4, 0.5) is 0 Å². The van der Waals surface area contributed by atoms with Crippen LogP contribution in [-0.4, -0.2) is 23.9 Å². The molecule has 5 aromatic carbocycles. The summed E-state index contributed by atoms with van der Waals surface area (Å²) in [6, 6.07) is 37.3. The van der Waals surface area contributed by atoms with Gasteiger partial charge in [0.2, 0.25) is 5.78 Å². The van der Waals surface area contributed by atoms with E-state index in [4.69, 9.17) is 14.4 Å². The van der Waals surface area contributed by atoms with Gasteiger partial charge < -0.3 is 4.42 Å². The van der Waals surface area contributed by atoms with E-state index in [1.54, 1.807) is 0 Å². The molecule has 182 valence electrons. The molecule has 6 nitrogen and oxygen atoms in total. The molecule has 39 heavy (non-hydrogen) atoms. The topological polar surface area (TPSA) is 61.2 Å². The monoisotopic (exact) mass is 501 g/mol. The third-order valence-electron chi connectivity index (χ3n) is 7.58. The molecular formula is C33H19N5O. The van der Waals surface area contributed by atoms with Gasteiger partial charge in [0.15, 0.2) is 5.82 Å². The highest BCUT2D eigenvalue weighted by Gasteiger charge is 2.19. The van der Waals surface area contributed by atoms with E-state index in [0.717, 1.165) is 77.8 Å². The average Bonchev–Trinajstić information content (AvgIpc) is 3.65. The molecule has 0 aliphatic carbocycles. The Hall–Kier alpha value is -5.49. The van der Waals surface area contributed by atoms with Gasteiger partial charge in [-0.05, 0) is 65.7 Å². The molecule has 4 aromatic heterocycles. The lowest BCUT2D eigenvalue weighted by Crippen LogP contribution is -2.00. The minimum absolute atomic E-state index is 0.739. The molecule has 0 atom stereocenters. The summed E-state index contributed by atoms with van der Waals surface area (Å²) in [6.45, 7) is 0. The minimum atomic E-state index is 0.739. The van der Waals surface area contributed by atoms with Crippen molar-refractivity contribution < 1.29 is 4.42 Å². The van der Waals surface area contributed by atoms with Crippen molar-refractivity contribution in [3.8, 4) is 16.9 Å². The van der Waals surface area contributed by atoms with E-state index in [0.29, 0.717) is 0 Å². The molecule has 0 radical (unpaired) electrons. The molecule has 0 aliphatic rings. The van der Waals surface area contributed by atoms with E-state index in [-0.39, 0.29) is 0 Å². The zero-order valence-corrected chi connectivity index (χ0v) is 20.6. The molecule has 0 unspecified atom stereocenters. The summed E-state index contributed by atoms with van der Waals surface area (Å²) in [7, 11) is 0. The van der Waals surface area contributed by atoms with Gasteiger partial charge in [-0.25, -0.2) is 9.97 Å². The Kier molecular flexibility index (Phi) is 3.96. The summed E-state index contributed by atoms with van der Waals surface area (Å²) in [4.78, 5) is 14.7. The second-order valence-corrected chi connectivity index (χ2v) is 9.80. The maximum absolute atomic E-state index is 6.06. The number of aromatic nitrogens is 5. The SMILES string of the molecule is c1ccc2nc(-n3c4ccc(-c5ccc6oc7ccccc7c6c5)cc4n4c5ccccc5nc34)cnc2c1. The largest absolute Gasteiger partial charge is 0.456 e. The van der Waals surface area contributed by atoms with Crippen LogP contribution in [-0.2, 0) is 0 Å². The molecule has 0 N–H and O–H groups in total. The maximum Gasteiger partial charge on any atom is 0.221 e. The summed E-state index contributed by atoms with van der Waals surface area (Å²) in [6.07, 6.45) is 1.83. The van der Waals surface area contributed by atoms with E-state index in [1.165, 1.54) is 0 Å². The van der Waals surface area contributed by atoms with Crippen LogP contribution >= 0.6 is 0 Å². The molecule has 0 saturated heterocycles. The van der Waals surface area contributed by atoms with Crippen LogP contribution in [0, 0.1) is 0 Å². The second kappa shape index (κ2) is 7.52. The highest BCUT2D eigenvalue weighted by molar-refractivity contribution is 6.06. The van der Waals surface area contributed by atoms with E-state index in [1.807, 2.05) is 54.7 Å². The Morgan fingerprint density at radius 1 is 0.538 bits per heavy atom. The number of benzene rings is 5. The zero-order valence-electron chi connectivity index (χ0n) is 20.6. The number of rotatable bonds is 2. The first-order valence-electron chi connectivity index (χ1n) is 12.9. The van der Waals surface area contributed by atoms with Crippen molar-refractivity contribution >= 4 is 60.8 Å². The Morgan fingerprint density at radius 2 is 1.28 bits per heavy atom. The summed E-state index contributed by atoms with van der Waals surface area (Å²) in [5.74, 6) is 1.55. The van der Waals surface area contributed by atoms with Gasteiger partial charge in [0.25, 0.3) is 0 Å². The molecule has 4 heterocycles. The molecule has 0 bridgehead atoms. The number of hydrogen-bond acceptors (Lipinski definition) is 4. The highest BCUT2D eigenvalue weighted by atomic mass is 16.3. The first-order valence-corrected chi connectivity index (χ1v) is 12.9. The number of fused-ring (bicyclic) bond motifs is 9. The molecule has 9 rings (SSSR count). The first-order chi connectivity index (χ1) is 19.3. The Balaban J connectivity index is 1.33. The normalized spacial score (nSPS) is 12.1. The standard InChI is InChI=1S/C33H19N5O/c1-6-12-30-22(7-1)23-17-20(14-16-31(23)39-30)21-13-15-28-29(18-21)37-27-11-5-4-10-26(27)36-33(37)38(28)32-19-34-24-8-2-3-9-25(24)35-32/h1-19H. The molecule has 0 spiro atoms. The predicted molar refractivity (Wildman–Crippen MR) is 155 cm³/mol. The van der Waals surface area contributed by atoms with Crippen LogP contribution in [0.1, 0.15) is 0 Å². The van der Waals surface area contributed by atoms with Crippen molar-refractivity contribution in [2.75, 3.05) is 0 Å². The van der Waals surface area contributed by atoms with Crippen LogP contribution in [0.2, 0.25) is 0 Å².